The first-order chi connectivity index (χ1) is 8.29. The fourth-order valence-electron chi connectivity index (χ4n) is 1.44. The molecular weight excluding hydrogens is 234 g/mol. The van der Waals surface area contributed by atoms with Gasteiger partial charge in [-0.15, -0.1) is 11.3 Å². The van der Waals surface area contributed by atoms with Crippen LogP contribution in [0.25, 0.3) is 0 Å². The minimum atomic E-state index is 0.427. The Morgan fingerprint density at radius 2 is 2.35 bits per heavy atom. The van der Waals surface area contributed by atoms with E-state index in [0.29, 0.717) is 19.2 Å². The van der Waals surface area contributed by atoms with Gasteiger partial charge in [0.2, 0.25) is 0 Å². The van der Waals surface area contributed by atoms with Crippen molar-refractivity contribution in [2.24, 2.45) is 5.73 Å². The smallest absolute Gasteiger partial charge is 0.316 e. The summed E-state index contributed by atoms with van der Waals surface area (Å²) in [6, 6.07) is 4.56. The molecule has 0 atom stereocenters. The van der Waals surface area contributed by atoms with Gasteiger partial charge in [0.05, 0.1) is 6.61 Å². The second-order valence-electron chi connectivity index (χ2n) is 3.65. The van der Waals surface area contributed by atoms with E-state index in [2.05, 4.69) is 21.4 Å². The van der Waals surface area contributed by atoms with Gasteiger partial charge in [-0.25, -0.2) is 9.97 Å². The zero-order valence-electron chi connectivity index (χ0n) is 9.72. The van der Waals surface area contributed by atoms with E-state index in [9.17, 15) is 0 Å². The second-order valence-corrected chi connectivity index (χ2v) is 4.68. The number of aromatic nitrogens is 2. The summed E-state index contributed by atoms with van der Waals surface area (Å²) in [5.74, 6) is 0. The van der Waals surface area contributed by atoms with Crippen LogP contribution in [0.4, 0.5) is 0 Å². The Balaban J connectivity index is 1.89. The van der Waals surface area contributed by atoms with Crippen molar-refractivity contribution in [1.82, 2.24) is 9.97 Å². The van der Waals surface area contributed by atoms with Gasteiger partial charge in [0, 0.05) is 35.3 Å². The maximum absolute atomic E-state index is 5.55. The Morgan fingerprint density at radius 1 is 1.47 bits per heavy atom. The highest BCUT2D eigenvalue weighted by molar-refractivity contribution is 7.09. The van der Waals surface area contributed by atoms with Gasteiger partial charge in [0.15, 0.2) is 0 Å². The topological polar surface area (TPSA) is 61.0 Å². The molecule has 0 aliphatic heterocycles. The largest absolute Gasteiger partial charge is 0.463 e. The number of hydrogen-bond donors (Lipinski definition) is 1. The summed E-state index contributed by atoms with van der Waals surface area (Å²) in [5.41, 5.74) is 7.38. The number of ether oxygens (including phenoxy) is 1. The van der Waals surface area contributed by atoms with Crippen molar-refractivity contribution in [3.05, 3.63) is 39.8 Å². The summed E-state index contributed by atoms with van der Waals surface area (Å²) in [6.07, 6.45) is 2.61. The maximum atomic E-state index is 5.55. The second kappa shape index (κ2) is 5.75. The molecule has 90 valence electrons. The number of hydrogen-bond acceptors (Lipinski definition) is 5. The maximum Gasteiger partial charge on any atom is 0.316 e. The predicted molar refractivity (Wildman–Crippen MR) is 68.2 cm³/mol. The highest BCUT2D eigenvalue weighted by Crippen LogP contribution is 2.11. The molecule has 17 heavy (non-hydrogen) atoms. The summed E-state index contributed by atoms with van der Waals surface area (Å²) in [4.78, 5) is 9.68. The lowest BCUT2D eigenvalue weighted by atomic mass is 10.2. The van der Waals surface area contributed by atoms with Crippen molar-refractivity contribution in [2.45, 2.75) is 19.9 Å². The van der Waals surface area contributed by atoms with Gasteiger partial charge in [0.25, 0.3) is 0 Å². The van der Waals surface area contributed by atoms with E-state index in [-0.39, 0.29) is 0 Å². The molecule has 0 unspecified atom stereocenters. The van der Waals surface area contributed by atoms with Crippen LogP contribution in [0.2, 0.25) is 0 Å². The quantitative estimate of drug-likeness (QED) is 0.879. The summed E-state index contributed by atoms with van der Waals surface area (Å²) in [6.45, 7) is 2.97. The van der Waals surface area contributed by atoms with Crippen molar-refractivity contribution in [1.29, 1.82) is 0 Å². The molecule has 0 radical (unpaired) electrons. The fraction of sp³-hybridized carbons (Fsp3) is 0.333. The molecule has 0 aliphatic carbocycles. The average molecular weight is 249 g/mol. The number of thiophene rings is 1. The highest BCUT2D eigenvalue weighted by atomic mass is 32.1. The van der Waals surface area contributed by atoms with E-state index in [1.165, 1.54) is 4.88 Å². The molecule has 5 heteroatoms. The zero-order chi connectivity index (χ0) is 12.1. The van der Waals surface area contributed by atoms with Gasteiger partial charge in [0.1, 0.15) is 0 Å². The molecule has 2 N–H and O–H groups in total. The minimum Gasteiger partial charge on any atom is -0.463 e. The molecule has 0 spiro atoms. The summed E-state index contributed by atoms with van der Waals surface area (Å²) in [5, 5.41) is 2.06. The van der Waals surface area contributed by atoms with Crippen LogP contribution in [0.15, 0.2) is 23.7 Å². The summed E-state index contributed by atoms with van der Waals surface area (Å²) >= 11 is 1.73. The lowest BCUT2D eigenvalue weighted by molar-refractivity contribution is 0.296. The van der Waals surface area contributed by atoms with E-state index in [1.54, 1.807) is 17.5 Å². The number of nitrogens with two attached hydrogens (primary N) is 1. The lowest BCUT2D eigenvalue weighted by Gasteiger charge is -2.06. The van der Waals surface area contributed by atoms with Crippen LogP contribution < -0.4 is 10.5 Å². The van der Waals surface area contributed by atoms with Gasteiger partial charge < -0.3 is 10.5 Å². The average Bonchev–Trinajstić information content (AvgIpc) is 2.82. The molecule has 0 aromatic carbocycles. The van der Waals surface area contributed by atoms with E-state index < -0.39 is 0 Å². The molecule has 0 saturated carbocycles. The van der Waals surface area contributed by atoms with Crippen molar-refractivity contribution >= 4 is 11.3 Å². The van der Waals surface area contributed by atoms with E-state index in [1.807, 2.05) is 13.0 Å². The third-order valence-corrected chi connectivity index (χ3v) is 3.37. The van der Waals surface area contributed by atoms with E-state index >= 15 is 0 Å². The SMILES string of the molecule is Cc1nc(OCCc2cccs2)ncc1CN. The molecule has 2 aromatic rings. The minimum absolute atomic E-state index is 0.427. The molecular formula is C12H15N3OS. The van der Waals surface area contributed by atoms with Crippen LogP contribution in [0, 0.1) is 6.92 Å². The standard InChI is InChI=1S/C12H15N3OS/c1-9-10(7-13)8-14-12(15-9)16-5-4-11-3-2-6-17-11/h2-3,6,8H,4-5,7,13H2,1H3. The van der Waals surface area contributed by atoms with E-state index in [0.717, 1.165) is 17.7 Å². The molecule has 4 nitrogen and oxygen atoms in total. The Kier molecular flexibility index (Phi) is 4.06. The van der Waals surface area contributed by atoms with Gasteiger partial charge in [-0.3, -0.25) is 0 Å². The number of rotatable bonds is 5. The molecule has 2 aromatic heterocycles. The summed E-state index contributed by atoms with van der Waals surface area (Å²) < 4.78 is 5.50. The van der Waals surface area contributed by atoms with Gasteiger partial charge in [-0.2, -0.15) is 0 Å². The normalized spacial score (nSPS) is 10.5. The van der Waals surface area contributed by atoms with Gasteiger partial charge in [-0.05, 0) is 18.4 Å². The van der Waals surface area contributed by atoms with Gasteiger partial charge in [-0.1, -0.05) is 6.07 Å². The fourth-order valence-corrected chi connectivity index (χ4v) is 2.13. The molecule has 0 saturated heterocycles. The van der Waals surface area contributed by atoms with Gasteiger partial charge >= 0.3 is 6.01 Å². The van der Waals surface area contributed by atoms with Crippen LogP contribution in [-0.4, -0.2) is 16.6 Å². The van der Waals surface area contributed by atoms with Crippen molar-refractivity contribution in [2.75, 3.05) is 6.61 Å². The van der Waals surface area contributed by atoms with E-state index in [4.69, 9.17) is 10.5 Å². The molecule has 0 bridgehead atoms. The van der Waals surface area contributed by atoms with Crippen LogP contribution in [0.3, 0.4) is 0 Å². The third kappa shape index (κ3) is 3.25. The predicted octanol–water partition coefficient (Wildman–Crippen LogP) is 1.93. The Labute approximate surface area is 104 Å². The van der Waals surface area contributed by atoms with Crippen LogP contribution in [0.1, 0.15) is 16.1 Å². The molecule has 0 fully saturated rings. The highest BCUT2D eigenvalue weighted by Gasteiger charge is 2.03. The van der Waals surface area contributed by atoms with Crippen LogP contribution in [0.5, 0.6) is 6.01 Å². The molecule has 2 rings (SSSR count). The zero-order valence-corrected chi connectivity index (χ0v) is 10.5. The van der Waals surface area contributed by atoms with Crippen LogP contribution in [-0.2, 0) is 13.0 Å². The first kappa shape index (κ1) is 12.0. The molecule has 0 aliphatic rings. The number of aryl methyl sites for hydroxylation is 1. The first-order valence-corrected chi connectivity index (χ1v) is 6.35. The van der Waals surface area contributed by atoms with Crippen molar-refractivity contribution in [3.63, 3.8) is 0 Å². The van der Waals surface area contributed by atoms with Crippen molar-refractivity contribution in [3.8, 4) is 6.01 Å². The van der Waals surface area contributed by atoms with Crippen molar-refractivity contribution < 1.29 is 4.74 Å². The summed E-state index contributed by atoms with van der Waals surface area (Å²) in [7, 11) is 0. The lowest BCUT2D eigenvalue weighted by Crippen LogP contribution is -2.07. The molecule has 2 heterocycles. The Hall–Kier alpha value is -1.46. The Morgan fingerprint density at radius 3 is 3.00 bits per heavy atom. The monoisotopic (exact) mass is 249 g/mol. The first-order valence-electron chi connectivity index (χ1n) is 5.47. The van der Waals surface area contributed by atoms with Crippen LogP contribution >= 0.6 is 11.3 Å². The Bertz CT molecular complexity index is 471. The third-order valence-electron chi connectivity index (χ3n) is 2.44. The number of nitrogens with zero attached hydrogens (tertiary/aromatic N) is 2. The molecule has 0 amide bonds.